The fourth-order valence-electron chi connectivity index (χ4n) is 4.34. The van der Waals surface area contributed by atoms with Gasteiger partial charge < -0.3 is 44.9 Å². The van der Waals surface area contributed by atoms with Crippen LogP contribution in [0.5, 0.6) is 5.75 Å². The molecule has 4 rings (SSSR count). The van der Waals surface area contributed by atoms with E-state index in [0.29, 0.717) is 22.2 Å². The van der Waals surface area contributed by atoms with Crippen molar-refractivity contribution in [1.82, 2.24) is 9.88 Å². The Labute approximate surface area is 203 Å². The molecule has 1 fully saturated rings. The number of ether oxygens (including phenoxy) is 2. The number of carbonyl (C=O) groups excluding carboxylic acids is 1. The van der Waals surface area contributed by atoms with Gasteiger partial charge in [0.2, 0.25) is 0 Å². The van der Waals surface area contributed by atoms with Crippen LogP contribution < -0.4 is 10.1 Å². The van der Waals surface area contributed by atoms with Crippen LogP contribution in [-0.4, -0.2) is 86.5 Å². The molecule has 1 amide bonds. The van der Waals surface area contributed by atoms with Crippen LogP contribution in [0.4, 0.5) is 8.78 Å². The third-order valence-electron chi connectivity index (χ3n) is 6.44. The number of aliphatic hydroxyl groups is 5. The van der Waals surface area contributed by atoms with Crippen LogP contribution in [0.15, 0.2) is 42.6 Å². The molecule has 194 valence electrons. The van der Waals surface area contributed by atoms with E-state index in [-0.39, 0.29) is 12.1 Å². The van der Waals surface area contributed by atoms with Gasteiger partial charge in [0.25, 0.3) is 5.91 Å². The molecule has 36 heavy (non-hydrogen) atoms. The number of aliphatic hydroxyl groups excluding tert-OH is 5. The first-order valence-electron chi connectivity index (χ1n) is 11.0. The number of hydrogen-bond acceptors (Lipinski definition) is 8. The largest absolute Gasteiger partial charge is 0.497 e. The average Bonchev–Trinajstić information content (AvgIpc) is 3.23. The van der Waals surface area contributed by atoms with E-state index in [4.69, 9.17) is 9.47 Å². The molecule has 2 heterocycles. The van der Waals surface area contributed by atoms with Crippen molar-refractivity contribution >= 4 is 16.8 Å². The molecule has 1 unspecified atom stereocenters. The number of benzene rings is 2. The van der Waals surface area contributed by atoms with Crippen LogP contribution >= 0.6 is 0 Å². The van der Waals surface area contributed by atoms with Gasteiger partial charge in [0.15, 0.2) is 17.9 Å². The maximum Gasteiger partial charge on any atom is 0.254 e. The lowest BCUT2D eigenvalue weighted by Gasteiger charge is -2.48. The average molecular weight is 508 g/mol. The minimum atomic E-state index is -2.21. The molecule has 1 aliphatic rings. The Morgan fingerprint density at radius 3 is 2.53 bits per heavy atom. The fourth-order valence-corrected chi connectivity index (χ4v) is 4.34. The van der Waals surface area contributed by atoms with Gasteiger partial charge in [-0.3, -0.25) is 4.79 Å². The van der Waals surface area contributed by atoms with Crippen LogP contribution in [-0.2, 0) is 11.3 Å². The van der Waals surface area contributed by atoms with Gasteiger partial charge in [-0.25, -0.2) is 8.78 Å². The number of halogens is 2. The van der Waals surface area contributed by atoms with E-state index < -0.39 is 60.9 Å². The van der Waals surface area contributed by atoms with Crippen LogP contribution in [0.2, 0.25) is 0 Å². The normalized spacial score (nSPS) is 26.2. The number of carbonyl (C=O) groups is 1. The topological polar surface area (TPSA) is 154 Å². The number of hydrogen-bond donors (Lipinski definition) is 6. The first-order chi connectivity index (χ1) is 17.1. The maximum absolute atomic E-state index is 13.8. The van der Waals surface area contributed by atoms with Gasteiger partial charge >= 0.3 is 0 Å². The highest BCUT2D eigenvalue weighted by atomic mass is 19.2. The van der Waals surface area contributed by atoms with Gasteiger partial charge in [-0.1, -0.05) is 6.07 Å². The van der Waals surface area contributed by atoms with Gasteiger partial charge in [-0.05, 0) is 29.8 Å². The van der Waals surface area contributed by atoms with Crippen molar-refractivity contribution in [2.45, 2.75) is 36.7 Å². The fraction of sp³-hybridized carbons (Fsp3) is 0.375. The predicted octanol–water partition coefficient (Wildman–Crippen LogP) is -0.131. The molecule has 1 aromatic heterocycles. The highest BCUT2D eigenvalue weighted by Gasteiger charge is 2.56. The van der Waals surface area contributed by atoms with E-state index in [1.54, 1.807) is 22.8 Å². The second-order valence-electron chi connectivity index (χ2n) is 8.60. The van der Waals surface area contributed by atoms with E-state index in [9.17, 15) is 39.1 Å². The second kappa shape index (κ2) is 10.1. The van der Waals surface area contributed by atoms with Crippen molar-refractivity contribution in [2.75, 3.05) is 20.3 Å². The second-order valence-corrected chi connectivity index (χ2v) is 8.60. The zero-order valence-corrected chi connectivity index (χ0v) is 19.1. The third kappa shape index (κ3) is 4.43. The van der Waals surface area contributed by atoms with E-state index in [1.807, 2.05) is 0 Å². The lowest BCUT2D eigenvalue weighted by molar-refractivity contribution is -0.288. The Bertz CT molecular complexity index is 1270. The Balaban J connectivity index is 1.73. The molecule has 6 N–H and O–H groups in total. The minimum absolute atomic E-state index is 0.0567. The Morgan fingerprint density at radius 1 is 1.14 bits per heavy atom. The number of rotatable bonds is 7. The van der Waals surface area contributed by atoms with Gasteiger partial charge in [0.05, 0.1) is 31.4 Å². The molecule has 0 radical (unpaired) electrons. The zero-order valence-electron chi connectivity index (χ0n) is 19.1. The van der Waals surface area contributed by atoms with Crippen molar-refractivity contribution in [2.24, 2.45) is 0 Å². The number of amides is 1. The smallest absolute Gasteiger partial charge is 0.254 e. The summed E-state index contributed by atoms with van der Waals surface area (Å²) in [6.45, 7) is -1.66. The van der Waals surface area contributed by atoms with E-state index >= 15 is 0 Å². The molecule has 0 saturated carbocycles. The van der Waals surface area contributed by atoms with E-state index in [1.165, 1.54) is 19.4 Å². The Hall–Kier alpha value is -3.13. The molecule has 0 aliphatic carbocycles. The third-order valence-corrected chi connectivity index (χ3v) is 6.44. The highest BCUT2D eigenvalue weighted by Crippen LogP contribution is 2.31. The quantitative estimate of drug-likeness (QED) is 0.258. The molecule has 3 aromatic rings. The van der Waals surface area contributed by atoms with Crippen LogP contribution in [0, 0.1) is 11.6 Å². The summed E-state index contributed by atoms with van der Waals surface area (Å²) < 4.78 is 39.1. The van der Waals surface area contributed by atoms with Crippen molar-refractivity contribution in [1.29, 1.82) is 0 Å². The van der Waals surface area contributed by atoms with Crippen molar-refractivity contribution < 1.29 is 48.6 Å². The summed E-state index contributed by atoms with van der Waals surface area (Å²) in [5.41, 5.74) is -1.23. The number of nitrogens with zero attached hydrogens (tertiary/aromatic N) is 1. The first-order valence-corrected chi connectivity index (χ1v) is 11.0. The van der Waals surface area contributed by atoms with Crippen molar-refractivity contribution in [3.05, 3.63) is 65.4 Å². The van der Waals surface area contributed by atoms with Crippen molar-refractivity contribution in [3.8, 4) is 5.75 Å². The summed E-state index contributed by atoms with van der Waals surface area (Å²) in [7, 11) is 1.46. The summed E-state index contributed by atoms with van der Waals surface area (Å²) in [6.07, 6.45) is -5.47. The van der Waals surface area contributed by atoms with Crippen molar-refractivity contribution in [3.63, 3.8) is 0 Å². The molecule has 5 atom stereocenters. The molecule has 12 heteroatoms. The Morgan fingerprint density at radius 2 is 1.89 bits per heavy atom. The molecule has 2 aromatic carbocycles. The number of aromatic nitrogens is 1. The van der Waals surface area contributed by atoms with E-state index in [2.05, 4.69) is 5.32 Å². The van der Waals surface area contributed by atoms with Gasteiger partial charge in [-0.15, -0.1) is 0 Å². The van der Waals surface area contributed by atoms with Crippen LogP contribution in [0.3, 0.4) is 0 Å². The molecule has 0 bridgehead atoms. The summed E-state index contributed by atoms with van der Waals surface area (Å²) >= 11 is 0. The number of nitrogens with one attached hydrogen (secondary N) is 1. The van der Waals surface area contributed by atoms with Crippen LogP contribution in [0.25, 0.3) is 10.9 Å². The predicted molar refractivity (Wildman–Crippen MR) is 121 cm³/mol. The molecule has 1 aliphatic heterocycles. The maximum atomic E-state index is 13.8. The van der Waals surface area contributed by atoms with Gasteiger partial charge in [0, 0.05) is 24.2 Å². The SMILES string of the molecule is COc1ccc2c(C(=O)N[C@@]3(CO)C(O)O[C@H](CO)[C@@H](O)[C@@H]3O)cn(Cc3ccc(F)c(F)c3)c2c1. The standard InChI is InChI=1S/C24H26F2N2O8/c1-35-13-3-4-14-15(9-28(18(14)7-13)8-12-2-5-16(25)17(26)6-12)22(33)27-24(11-30)21(32)20(31)19(10-29)36-23(24)34/h2-7,9,19-21,23,29-32,34H,8,10-11H2,1H3,(H,27,33)/t19-,20-,21+,23?,24-/m1/s1. The minimum Gasteiger partial charge on any atom is -0.497 e. The lowest BCUT2D eigenvalue weighted by atomic mass is 9.83. The molecular weight excluding hydrogens is 482 g/mol. The highest BCUT2D eigenvalue weighted by molar-refractivity contribution is 6.07. The monoisotopic (exact) mass is 508 g/mol. The summed E-state index contributed by atoms with van der Waals surface area (Å²) in [4.78, 5) is 13.4. The summed E-state index contributed by atoms with van der Waals surface area (Å²) in [6, 6.07) is 8.26. The first kappa shape index (κ1) is 25.9. The molecule has 10 nitrogen and oxygen atoms in total. The van der Waals surface area contributed by atoms with Crippen LogP contribution in [0.1, 0.15) is 15.9 Å². The zero-order chi connectivity index (χ0) is 26.2. The lowest BCUT2D eigenvalue weighted by Crippen LogP contribution is -2.74. The van der Waals surface area contributed by atoms with E-state index in [0.717, 1.165) is 12.1 Å². The molecular formula is C24H26F2N2O8. The number of methoxy groups -OCH3 is 1. The number of fused-ring (bicyclic) bond motifs is 1. The summed E-state index contributed by atoms with van der Waals surface area (Å²) in [5.74, 6) is -2.38. The summed E-state index contributed by atoms with van der Waals surface area (Å²) in [5, 5.41) is 53.5. The van der Waals surface area contributed by atoms with Gasteiger partial charge in [0.1, 0.15) is 29.6 Å². The molecule has 1 saturated heterocycles. The Kier molecular flexibility index (Phi) is 7.27. The van der Waals surface area contributed by atoms with Gasteiger partial charge in [-0.2, -0.15) is 0 Å². The molecule has 0 spiro atoms.